The first-order valence-electron chi connectivity index (χ1n) is 12.4. The first-order chi connectivity index (χ1) is 16.0. The minimum absolute atomic E-state index is 0.00789. The van der Waals surface area contributed by atoms with Gasteiger partial charge < -0.3 is 14.2 Å². The predicted molar refractivity (Wildman–Crippen MR) is 125 cm³/mol. The Morgan fingerprint density at radius 1 is 1.09 bits per heavy atom. The maximum absolute atomic E-state index is 12.9. The van der Waals surface area contributed by atoms with Gasteiger partial charge in [-0.2, -0.15) is 0 Å². The molecule has 1 aromatic carbocycles. The van der Waals surface area contributed by atoms with Crippen LogP contribution in [0, 0.1) is 17.3 Å². The molecule has 0 amide bonds. The van der Waals surface area contributed by atoms with Gasteiger partial charge in [-0.3, -0.25) is 14.6 Å². The van der Waals surface area contributed by atoms with Crippen molar-refractivity contribution in [2.75, 3.05) is 39.5 Å². The van der Waals surface area contributed by atoms with Gasteiger partial charge in [0, 0.05) is 45.2 Å². The highest BCUT2D eigenvalue weighted by Crippen LogP contribution is 2.52. The van der Waals surface area contributed by atoms with Crippen LogP contribution in [0.15, 0.2) is 41.5 Å². The summed E-state index contributed by atoms with van der Waals surface area (Å²) in [6, 6.07) is 6.22. The molecule has 3 aliphatic heterocycles. The average molecular weight is 451 g/mol. The summed E-state index contributed by atoms with van der Waals surface area (Å²) in [5.74, 6) is 1.87. The van der Waals surface area contributed by atoms with Crippen LogP contribution in [0.3, 0.4) is 0 Å². The number of carbonyl (C=O) groups is 1. The van der Waals surface area contributed by atoms with Gasteiger partial charge in [-0.25, -0.2) is 0 Å². The highest BCUT2D eigenvalue weighted by atomic mass is 16.7. The van der Waals surface area contributed by atoms with E-state index in [4.69, 9.17) is 14.2 Å². The quantitative estimate of drug-likeness (QED) is 0.651. The summed E-state index contributed by atoms with van der Waals surface area (Å²) in [5, 5.41) is 0. The number of hydrogen-bond acceptors (Lipinski definition) is 6. The fourth-order valence-corrected chi connectivity index (χ4v) is 6.54. The lowest BCUT2D eigenvalue weighted by molar-refractivity contribution is -0.145. The summed E-state index contributed by atoms with van der Waals surface area (Å²) in [7, 11) is 0. The minimum Gasteiger partial charge on any atom is -0.461 e. The van der Waals surface area contributed by atoms with E-state index in [0.29, 0.717) is 6.79 Å². The zero-order valence-electron chi connectivity index (χ0n) is 19.7. The number of piperazine rings is 1. The molecule has 0 unspecified atom stereocenters. The molecular formula is C27H34N2O4. The van der Waals surface area contributed by atoms with E-state index in [0.717, 1.165) is 70.0 Å². The summed E-state index contributed by atoms with van der Waals surface area (Å²) >= 11 is 0. The molecule has 1 aromatic rings. The van der Waals surface area contributed by atoms with Crippen LogP contribution in [0.5, 0.6) is 11.5 Å². The first-order valence-corrected chi connectivity index (χ1v) is 12.4. The number of esters is 1. The molecule has 6 nitrogen and oxygen atoms in total. The lowest BCUT2D eigenvalue weighted by Gasteiger charge is -2.43. The highest BCUT2D eigenvalue weighted by Gasteiger charge is 2.51. The van der Waals surface area contributed by atoms with Gasteiger partial charge in [0.2, 0.25) is 6.79 Å². The molecule has 176 valence electrons. The molecule has 2 saturated heterocycles. The summed E-state index contributed by atoms with van der Waals surface area (Å²) < 4.78 is 16.9. The van der Waals surface area contributed by atoms with Crippen molar-refractivity contribution < 1.29 is 19.0 Å². The third-order valence-corrected chi connectivity index (χ3v) is 8.46. The van der Waals surface area contributed by atoms with Crippen molar-refractivity contribution in [1.82, 2.24) is 9.80 Å². The second-order valence-corrected chi connectivity index (χ2v) is 10.7. The number of nitrogens with zero attached hydrogens (tertiary/aromatic N) is 2. The van der Waals surface area contributed by atoms with E-state index in [2.05, 4.69) is 47.9 Å². The van der Waals surface area contributed by atoms with E-state index in [1.54, 1.807) is 0 Å². The van der Waals surface area contributed by atoms with Gasteiger partial charge in [-0.1, -0.05) is 30.7 Å². The third kappa shape index (κ3) is 3.87. The smallest absolute Gasteiger partial charge is 0.311 e. The molecule has 0 saturated carbocycles. The van der Waals surface area contributed by atoms with Crippen LogP contribution in [0.1, 0.15) is 38.7 Å². The molecule has 2 fully saturated rings. The van der Waals surface area contributed by atoms with E-state index in [1.807, 2.05) is 6.07 Å². The molecule has 4 atom stereocenters. The maximum atomic E-state index is 12.9. The van der Waals surface area contributed by atoms with Gasteiger partial charge >= 0.3 is 5.97 Å². The Hall–Kier alpha value is -2.31. The van der Waals surface area contributed by atoms with Crippen LogP contribution < -0.4 is 9.47 Å². The number of fused-ring (bicyclic) bond motifs is 3. The summed E-state index contributed by atoms with van der Waals surface area (Å²) in [5.41, 5.74) is 4.28. The summed E-state index contributed by atoms with van der Waals surface area (Å²) in [6.07, 6.45) is 8.08. The van der Waals surface area contributed by atoms with Crippen molar-refractivity contribution in [3.63, 3.8) is 0 Å². The second kappa shape index (κ2) is 8.17. The lowest BCUT2D eigenvalue weighted by Crippen LogP contribution is -2.48. The lowest BCUT2D eigenvalue weighted by atomic mass is 9.62. The van der Waals surface area contributed by atoms with Gasteiger partial charge in [0.25, 0.3) is 0 Å². The molecule has 33 heavy (non-hydrogen) atoms. The van der Waals surface area contributed by atoms with Crippen LogP contribution in [0.4, 0.5) is 0 Å². The molecule has 3 heterocycles. The van der Waals surface area contributed by atoms with Crippen LogP contribution in [0.25, 0.3) is 0 Å². The minimum atomic E-state index is -0.0396. The van der Waals surface area contributed by atoms with Crippen molar-refractivity contribution in [3.05, 3.63) is 47.1 Å². The molecular weight excluding hydrogens is 416 g/mol. The largest absolute Gasteiger partial charge is 0.461 e. The van der Waals surface area contributed by atoms with Gasteiger partial charge in [-0.05, 0) is 54.9 Å². The molecule has 6 rings (SSSR count). The van der Waals surface area contributed by atoms with Gasteiger partial charge in [-0.15, -0.1) is 0 Å². The molecule has 2 aliphatic carbocycles. The molecule has 6 heteroatoms. The fraction of sp³-hybridized carbons (Fsp3) is 0.593. The van der Waals surface area contributed by atoms with Crippen LogP contribution in [-0.4, -0.2) is 61.4 Å². The molecule has 0 N–H and O–H groups in total. The number of hydrogen-bond donors (Lipinski definition) is 0. The SMILES string of the molecule is CC1=CCC[C@@]2(C)C[C@H]3OC(=O)[C@H](CN4CCN(Cc5ccc6c(c5)OCO6)CC4)[C@@H]3C=C12. The topological polar surface area (TPSA) is 51.2 Å². The Morgan fingerprint density at radius 3 is 2.73 bits per heavy atom. The van der Waals surface area contributed by atoms with E-state index >= 15 is 0 Å². The highest BCUT2D eigenvalue weighted by molar-refractivity contribution is 5.76. The Labute approximate surface area is 196 Å². The number of carbonyl (C=O) groups excluding carboxylic acids is 1. The normalized spacial score (nSPS) is 33.8. The summed E-state index contributed by atoms with van der Waals surface area (Å²) in [4.78, 5) is 17.8. The maximum Gasteiger partial charge on any atom is 0.311 e. The Bertz CT molecular complexity index is 1010. The summed E-state index contributed by atoms with van der Waals surface area (Å²) in [6.45, 7) is 10.6. The molecule has 0 radical (unpaired) electrons. The second-order valence-electron chi connectivity index (χ2n) is 10.7. The van der Waals surface area contributed by atoms with Crippen LogP contribution >= 0.6 is 0 Å². The number of benzene rings is 1. The fourth-order valence-electron chi connectivity index (χ4n) is 6.54. The monoisotopic (exact) mass is 450 g/mol. The third-order valence-electron chi connectivity index (χ3n) is 8.46. The number of ether oxygens (including phenoxy) is 3. The van der Waals surface area contributed by atoms with Crippen molar-refractivity contribution in [3.8, 4) is 11.5 Å². The van der Waals surface area contributed by atoms with Crippen LogP contribution in [-0.2, 0) is 16.1 Å². The van der Waals surface area contributed by atoms with Crippen molar-refractivity contribution in [1.29, 1.82) is 0 Å². The Morgan fingerprint density at radius 2 is 1.88 bits per heavy atom. The Kier molecular flexibility index (Phi) is 5.26. The van der Waals surface area contributed by atoms with E-state index in [1.165, 1.54) is 16.7 Å². The zero-order chi connectivity index (χ0) is 22.6. The van der Waals surface area contributed by atoms with Gasteiger partial charge in [0.05, 0.1) is 5.92 Å². The Balaban J connectivity index is 1.08. The predicted octanol–water partition coefficient (Wildman–Crippen LogP) is 3.77. The van der Waals surface area contributed by atoms with Gasteiger partial charge in [0.15, 0.2) is 11.5 Å². The van der Waals surface area contributed by atoms with E-state index in [-0.39, 0.29) is 29.3 Å². The van der Waals surface area contributed by atoms with Crippen LogP contribution in [0.2, 0.25) is 0 Å². The molecule has 0 bridgehead atoms. The van der Waals surface area contributed by atoms with E-state index in [9.17, 15) is 4.79 Å². The first kappa shape index (κ1) is 21.2. The van der Waals surface area contributed by atoms with Crippen molar-refractivity contribution in [2.24, 2.45) is 17.3 Å². The van der Waals surface area contributed by atoms with Crippen molar-refractivity contribution >= 4 is 5.97 Å². The molecule has 5 aliphatic rings. The average Bonchev–Trinajstić information content (AvgIpc) is 3.37. The number of allylic oxidation sites excluding steroid dienone is 3. The molecule has 0 spiro atoms. The standard InChI is InChI=1S/C27H34N2O4/c1-18-4-3-7-27(2)14-25-20(13-22(18)27)21(26(30)33-25)16-29-10-8-28(9-11-29)15-19-5-6-23-24(12-19)32-17-31-23/h4-6,12-13,20-21,25H,3,7-11,14-17H2,1-2H3/t20-,21+,25+,27-/m0/s1. The number of rotatable bonds is 4. The molecule has 0 aromatic heterocycles. The van der Waals surface area contributed by atoms with E-state index < -0.39 is 0 Å². The van der Waals surface area contributed by atoms with Gasteiger partial charge in [0.1, 0.15) is 6.10 Å². The zero-order valence-corrected chi connectivity index (χ0v) is 19.7. The van der Waals surface area contributed by atoms with Crippen molar-refractivity contribution in [2.45, 2.75) is 45.8 Å².